The van der Waals surface area contributed by atoms with E-state index in [9.17, 15) is 13.2 Å². The third-order valence-corrected chi connectivity index (χ3v) is 9.37. The van der Waals surface area contributed by atoms with E-state index in [1.54, 1.807) is 36.5 Å². The number of hydrogen-bond acceptors (Lipinski definition) is 7. The van der Waals surface area contributed by atoms with Gasteiger partial charge in [0.25, 0.3) is 10.0 Å². The lowest BCUT2D eigenvalue weighted by Crippen LogP contribution is -2.47. The molecule has 7 nitrogen and oxygen atoms in total. The number of thiol groups is 1. The summed E-state index contributed by atoms with van der Waals surface area (Å²) in [6, 6.07) is 8.20. The van der Waals surface area contributed by atoms with E-state index in [0.717, 1.165) is 10.5 Å². The number of fused-ring (bicyclic) bond motifs is 1. The van der Waals surface area contributed by atoms with Crippen LogP contribution in [0.15, 0.2) is 77.0 Å². The van der Waals surface area contributed by atoms with Crippen molar-refractivity contribution in [3.63, 3.8) is 0 Å². The predicted octanol–water partition coefficient (Wildman–Crippen LogP) is 5.28. The summed E-state index contributed by atoms with van der Waals surface area (Å²) in [5.74, 6) is -0.0695. The predicted molar refractivity (Wildman–Crippen MR) is 138 cm³/mol. The summed E-state index contributed by atoms with van der Waals surface area (Å²) in [6.45, 7) is 1.68. The number of nitrogens with zero attached hydrogens (tertiary/aromatic N) is 3. The van der Waals surface area contributed by atoms with E-state index < -0.39 is 15.3 Å². The first-order valence-corrected chi connectivity index (χ1v) is 14.0. The molecule has 0 bridgehead atoms. The van der Waals surface area contributed by atoms with Crippen molar-refractivity contribution in [3.8, 4) is 0 Å². The van der Waals surface area contributed by atoms with E-state index in [1.165, 1.54) is 35.1 Å². The van der Waals surface area contributed by atoms with E-state index in [0.29, 0.717) is 22.1 Å². The van der Waals surface area contributed by atoms with Gasteiger partial charge in [-0.25, -0.2) is 4.99 Å². The highest BCUT2D eigenvalue weighted by molar-refractivity contribution is 8.10. The van der Waals surface area contributed by atoms with Crippen LogP contribution in [-0.4, -0.2) is 36.1 Å². The Bertz CT molecular complexity index is 1480. The number of thioether (sulfide) groups is 1. The van der Waals surface area contributed by atoms with Crippen molar-refractivity contribution in [2.75, 3.05) is 0 Å². The lowest BCUT2D eigenvalue weighted by atomic mass is 10.1. The Hall–Kier alpha value is -2.31. The van der Waals surface area contributed by atoms with Crippen LogP contribution in [0.2, 0.25) is 5.02 Å². The summed E-state index contributed by atoms with van der Waals surface area (Å²) in [6.07, 6.45) is 3.29. The number of amides is 1. The van der Waals surface area contributed by atoms with Gasteiger partial charge >= 0.3 is 0 Å². The van der Waals surface area contributed by atoms with Gasteiger partial charge in [0.15, 0.2) is 0 Å². The van der Waals surface area contributed by atoms with Gasteiger partial charge in [-0.1, -0.05) is 11.6 Å². The molecule has 0 N–H and O–H groups in total. The molecule has 0 saturated carbocycles. The Morgan fingerprint density at radius 1 is 1.32 bits per heavy atom. The van der Waals surface area contributed by atoms with Crippen molar-refractivity contribution in [3.05, 3.63) is 75.3 Å². The fraction of sp³-hybridized carbons (Fsp3) is 0.136. The van der Waals surface area contributed by atoms with Gasteiger partial charge in [-0.15, -0.1) is 28.8 Å². The maximum atomic E-state index is 13.5. The number of carbonyl (C=O) groups is 1. The molecule has 0 saturated heterocycles. The van der Waals surface area contributed by atoms with Crippen molar-refractivity contribution in [2.24, 2.45) is 9.39 Å². The summed E-state index contributed by atoms with van der Waals surface area (Å²) in [5.41, 5.74) is 2.01. The summed E-state index contributed by atoms with van der Waals surface area (Å²) < 4.78 is 35.9. The second-order valence-electron chi connectivity index (χ2n) is 7.49. The molecule has 5 rings (SSSR count). The monoisotopic (exact) mass is 549 g/mol. The fourth-order valence-electron chi connectivity index (χ4n) is 3.46. The third kappa shape index (κ3) is 4.38. The highest BCUT2D eigenvalue weighted by Gasteiger charge is 2.41. The standard InChI is InChI=1S/C22H16ClN3O4S4/c1-12-7-19(17(31)8-15(12)23)34(28,29)25-22-24-16-9-18(13-4-6-32-11-13)33-20(16)21(27)26(22)10-14-3-2-5-30-14/h2-9,11,20,31H,10H2,1H3/b25-22-. The lowest BCUT2D eigenvalue weighted by molar-refractivity contribution is -0.126. The third-order valence-electron chi connectivity index (χ3n) is 5.17. The molecular weight excluding hydrogens is 534 g/mol. The average Bonchev–Trinajstić information content (AvgIpc) is 3.54. The van der Waals surface area contributed by atoms with Gasteiger partial charge in [-0.3, -0.25) is 9.69 Å². The highest BCUT2D eigenvalue weighted by Crippen LogP contribution is 2.41. The fourth-order valence-corrected chi connectivity index (χ4v) is 7.24. The number of rotatable bonds is 5. The lowest BCUT2D eigenvalue weighted by Gasteiger charge is -2.28. The van der Waals surface area contributed by atoms with Crippen molar-refractivity contribution in [2.45, 2.75) is 28.5 Å². The first kappa shape index (κ1) is 23.4. The molecule has 12 heteroatoms. The van der Waals surface area contributed by atoms with Crippen LogP contribution in [0.25, 0.3) is 4.91 Å². The number of benzene rings is 1. The first-order chi connectivity index (χ1) is 16.2. The molecule has 0 radical (unpaired) electrons. The number of sulfonamides is 1. The van der Waals surface area contributed by atoms with Crippen LogP contribution in [-0.2, 0) is 21.4 Å². The molecule has 1 aromatic carbocycles. The van der Waals surface area contributed by atoms with Crippen molar-refractivity contribution >= 4 is 79.8 Å². The topological polar surface area (TPSA) is 92.3 Å². The number of furan rings is 1. The Balaban J connectivity index is 1.61. The van der Waals surface area contributed by atoms with Gasteiger partial charge in [0.2, 0.25) is 11.9 Å². The van der Waals surface area contributed by atoms with Crippen molar-refractivity contribution in [1.82, 2.24) is 4.90 Å². The summed E-state index contributed by atoms with van der Waals surface area (Å²) in [7, 11) is -4.26. The Morgan fingerprint density at radius 2 is 2.15 bits per heavy atom. The van der Waals surface area contributed by atoms with Gasteiger partial charge in [-0.05, 0) is 65.2 Å². The minimum absolute atomic E-state index is 0.00477. The van der Waals surface area contributed by atoms with Crippen LogP contribution >= 0.6 is 47.3 Å². The Labute approximate surface area is 214 Å². The van der Waals surface area contributed by atoms with Crippen LogP contribution in [0.1, 0.15) is 16.9 Å². The number of carbonyl (C=O) groups excluding carboxylic acids is 1. The number of halogens is 1. The van der Waals surface area contributed by atoms with E-state index in [4.69, 9.17) is 16.0 Å². The van der Waals surface area contributed by atoms with Gasteiger partial charge in [0.1, 0.15) is 15.9 Å². The van der Waals surface area contributed by atoms with Crippen LogP contribution in [0, 0.1) is 6.92 Å². The van der Waals surface area contributed by atoms with Crippen molar-refractivity contribution < 1.29 is 17.6 Å². The maximum absolute atomic E-state index is 13.5. The number of thiophene rings is 1. The largest absolute Gasteiger partial charge is 0.467 e. The molecule has 174 valence electrons. The number of allylic oxidation sites excluding steroid dienone is 1. The number of guanidine groups is 1. The molecule has 34 heavy (non-hydrogen) atoms. The first-order valence-electron chi connectivity index (χ1n) is 9.90. The Kier molecular flexibility index (Phi) is 6.23. The van der Waals surface area contributed by atoms with Crippen LogP contribution < -0.4 is 0 Å². The van der Waals surface area contributed by atoms with E-state index >= 15 is 0 Å². The second-order valence-corrected chi connectivity index (χ2v) is 11.9. The average molecular weight is 550 g/mol. The molecule has 1 amide bonds. The molecule has 0 aliphatic carbocycles. The molecule has 3 aromatic rings. The van der Waals surface area contributed by atoms with E-state index in [-0.39, 0.29) is 28.2 Å². The SMILES string of the molecule is Cc1cc(S(=O)(=O)/N=C2/N=C3C=C(c4ccsc4)SC3C(=O)N2Cc2ccco2)c(S)cc1Cl. The molecule has 0 spiro atoms. The van der Waals surface area contributed by atoms with Crippen LogP contribution in [0.3, 0.4) is 0 Å². The number of hydrogen-bond donors (Lipinski definition) is 1. The molecule has 0 fully saturated rings. The minimum Gasteiger partial charge on any atom is -0.467 e. The maximum Gasteiger partial charge on any atom is 0.286 e. The summed E-state index contributed by atoms with van der Waals surface area (Å²) in [5, 5.41) is 3.73. The zero-order chi connectivity index (χ0) is 24.0. The van der Waals surface area contributed by atoms with E-state index in [2.05, 4.69) is 22.0 Å². The summed E-state index contributed by atoms with van der Waals surface area (Å²) in [4.78, 5) is 20.2. The quantitative estimate of drug-likeness (QED) is 0.437. The minimum atomic E-state index is -4.26. The highest BCUT2D eigenvalue weighted by atomic mass is 35.5. The number of aryl methyl sites for hydroxylation is 1. The van der Waals surface area contributed by atoms with E-state index in [1.807, 2.05) is 16.8 Å². The molecule has 1 unspecified atom stereocenters. The summed E-state index contributed by atoms with van der Waals surface area (Å²) >= 11 is 13.3. The van der Waals surface area contributed by atoms with Gasteiger partial charge in [0, 0.05) is 14.8 Å². The van der Waals surface area contributed by atoms with Gasteiger partial charge < -0.3 is 4.42 Å². The van der Waals surface area contributed by atoms with Gasteiger partial charge in [0.05, 0.1) is 18.5 Å². The van der Waals surface area contributed by atoms with Crippen LogP contribution in [0.4, 0.5) is 0 Å². The van der Waals surface area contributed by atoms with Crippen molar-refractivity contribution in [1.29, 1.82) is 0 Å². The molecule has 2 aliphatic heterocycles. The second kappa shape index (κ2) is 9.04. The van der Waals surface area contributed by atoms with Crippen LogP contribution in [0.5, 0.6) is 0 Å². The molecular formula is C22H16ClN3O4S4. The Morgan fingerprint density at radius 3 is 2.85 bits per heavy atom. The number of aliphatic imine (C=N–C) groups is 1. The zero-order valence-corrected chi connectivity index (χ0v) is 21.6. The van der Waals surface area contributed by atoms with Gasteiger partial charge in [-0.2, -0.15) is 19.8 Å². The molecule has 4 heterocycles. The molecule has 2 aliphatic rings. The zero-order valence-electron chi connectivity index (χ0n) is 17.5. The smallest absolute Gasteiger partial charge is 0.286 e. The molecule has 2 aromatic heterocycles. The molecule has 1 atom stereocenters. The normalized spacial score (nSPS) is 19.4.